The zero-order valence-corrected chi connectivity index (χ0v) is 12.5. The highest BCUT2D eigenvalue weighted by molar-refractivity contribution is 5.93. The van der Waals surface area contributed by atoms with Crippen LogP contribution in [0.2, 0.25) is 0 Å². The summed E-state index contributed by atoms with van der Waals surface area (Å²) in [4.78, 5) is 22.5. The maximum absolute atomic E-state index is 13.7. The van der Waals surface area contributed by atoms with Crippen LogP contribution in [0.1, 0.15) is 43.0 Å². The van der Waals surface area contributed by atoms with Crippen molar-refractivity contribution < 1.29 is 23.8 Å². The molecule has 0 bridgehead atoms. The van der Waals surface area contributed by atoms with Crippen LogP contribution >= 0.6 is 0 Å². The van der Waals surface area contributed by atoms with Gasteiger partial charge >= 0.3 is 5.97 Å². The average Bonchev–Trinajstić information content (AvgIpc) is 2.48. The third kappa shape index (κ3) is 4.27. The van der Waals surface area contributed by atoms with Gasteiger partial charge in [-0.15, -0.1) is 0 Å². The molecule has 1 fully saturated rings. The molecule has 1 aromatic carbocycles. The molecule has 0 saturated heterocycles. The number of halogens is 1. The molecule has 2 atom stereocenters. The molecule has 0 heterocycles. The van der Waals surface area contributed by atoms with E-state index in [1.807, 2.05) is 0 Å². The normalized spacial score (nSPS) is 21.4. The molecule has 6 heteroatoms. The summed E-state index contributed by atoms with van der Waals surface area (Å²) in [7, 11) is 0. The minimum Gasteiger partial charge on any atom is -0.478 e. The van der Waals surface area contributed by atoms with E-state index in [4.69, 9.17) is 9.84 Å². The highest BCUT2D eigenvalue weighted by Gasteiger charge is 2.22. The standard InChI is InChI=1S/C16H20FNO4/c1-10-4-2-3-5-14(10)22-9-15(19)18-13-7-6-11(16(20)21)8-12(13)17/h6-8,10,14H,2-5,9H2,1H3,(H,18,19)(H,20,21). The molecular formula is C16H20FNO4. The zero-order valence-electron chi connectivity index (χ0n) is 12.5. The van der Waals surface area contributed by atoms with Crippen LogP contribution in [0.5, 0.6) is 0 Å². The first-order valence-corrected chi connectivity index (χ1v) is 7.41. The Morgan fingerprint density at radius 1 is 1.36 bits per heavy atom. The van der Waals surface area contributed by atoms with Gasteiger partial charge < -0.3 is 15.2 Å². The van der Waals surface area contributed by atoms with Crippen LogP contribution < -0.4 is 5.32 Å². The van der Waals surface area contributed by atoms with Crippen LogP contribution in [0.4, 0.5) is 10.1 Å². The van der Waals surface area contributed by atoms with Crippen LogP contribution in [0.3, 0.4) is 0 Å². The molecule has 5 nitrogen and oxygen atoms in total. The molecule has 2 rings (SSSR count). The van der Waals surface area contributed by atoms with Crippen molar-refractivity contribution in [3.8, 4) is 0 Å². The maximum atomic E-state index is 13.7. The van der Waals surface area contributed by atoms with E-state index in [-0.39, 0.29) is 24.0 Å². The second-order valence-electron chi connectivity index (χ2n) is 5.66. The largest absolute Gasteiger partial charge is 0.478 e. The minimum absolute atomic E-state index is 0.0460. The fourth-order valence-corrected chi connectivity index (χ4v) is 2.65. The van der Waals surface area contributed by atoms with E-state index < -0.39 is 17.7 Å². The third-order valence-corrected chi connectivity index (χ3v) is 3.95. The lowest BCUT2D eigenvalue weighted by Crippen LogP contribution is -2.30. The topological polar surface area (TPSA) is 75.6 Å². The Balaban J connectivity index is 1.88. The maximum Gasteiger partial charge on any atom is 0.335 e. The van der Waals surface area contributed by atoms with Crippen molar-refractivity contribution in [2.75, 3.05) is 11.9 Å². The van der Waals surface area contributed by atoms with Crippen molar-refractivity contribution in [1.82, 2.24) is 0 Å². The smallest absolute Gasteiger partial charge is 0.335 e. The summed E-state index contributed by atoms with van der Waals surface area (Å²) in [6, 6.07) is 3.35. The molecule has 2 N–H and O–H groups in total. The Morgan fingerprint density at radius 2 is 2.09 bits per heavy atom. The first kappa shape index (κ1) is 16.4. The van der Waals surface area contributed by atoms with Gasteiger partial charge in [-0.1, -0.05) is 19.8 Å². The van der Waals surface area contributed by atoms with Gasteiger partial charge in [0, 0.05) is 0 Å². The van der Waals surface area contributed by atoms with Crippen LogP contribution in [-0.4, -0.2) is 29.7 Å². The average molecular weight is 309 g/mol. The Kier molecular flexibility index (Phi) is 5.49. The van der Waals surface area contributed by atoms with E-state index in [0.717, 1.165) is 25.3 Å². The van der Waals surface area contributed by atoms with Crippen LogP contribution in [0.15, 0.2) is 18.2 Å². The molecule has 0 aliphatic heterocycles. The minimum atomic E-state index is -1.22. The van der Waals surface area contributed by atoms with E-state index in [1.54, 1.807) is 0 Å². The van der Waals surface area contributed by atoms with Crippen molar-refractivity contribution in [2.24, 2.45) is 5.92 Å². The third-order valence-electron chi connectivity index (χ3n) is 3.95. The second kappa shape index (κ2) is 7.35. The quantitative estimate of drug-likeness (QED) is 0.876. The number of carbonyl (C=O) groups is 2. The van der Waals surface area contributed by atoms with E-state index in [2.05, 4.69) is 12.2 Å². The highest BCUT2D eigenvalue weighted by atomic mass is 19.1. The molecular weight excluding hydrogens is 289 g/mol. The summed E-state index contributed by atoms with van der Waals surface area (Å²) < 4.78 is 19.3. The van der Waals surface area contributed by atoms with E-state index >= 15 is 0 Å². The molecule has 1 amide bonds. The number of amides is 1. The van der Waals surface area contributed by atoms with Crippen molar-refractivity contribution >= 4 is 17.6 Å². The fraction of sp³-hybridized carbons (Fsp3) is 0.500. The van der Waals surface area contributed by atoms with Crippen LogP contribution in [0, 0.1) is 11.7 Å². The Morgan fingerprint density at radius 3 is 2.73 bits per heavy atom. The van der Waals surface area contributed by atoms with Gasteiger partial charge in [-0.3, -0.25) is 4.79 Å². The molecule has 1 aromatic rings. The van der Waals surface area contributed by atoms with Crippen molar-refractivity contribution in [3.05, 3.63) is 29.6 Å². The Hall–Kier alpha value is -1.95. The van der Waals surface area contributed by atoms with Gasteiger partial charge in [-0.05, 0) is 37.0 Å². The van der Waals surface area contributed by atoms with Crippen molar-refractivity contribution in [1.29, 1.82) is 0 Å². The number of hydrogen-bond donors (Lipinski definition) is 2. The molecule has 0 aromatic heterocycles. The second-order valence-corrected chi connectivity index (χ2v) is 5.66. The number of carboxylic acid groups (broad SMARTS) is 1. The fourth-order valence-electron chi connectivity index (χ4n) is 2.65. The highest BCUT2D eigenvalue weighted by Crippen LogP contribution is 2.26. The van der Waals surface area contributed by atoms with Crippen LogP contribution in [0.25, 0.3) is 0 Å². The van der Waals surface area contributed by atoms with Gasteiger partial charge in [0.25, 0.3) is 0 Å². The van der Waals surface area contributed by atoms with Gasteiger partial charge in [-0.25, -0.2) is 9.18 Å². The molecule has 120 valence electrons. The summed E-state index contributed by atoms with van der Waals surface area (Å²) >= 11 is 0. The first-order valence-electron chi connectivity index (χ1n) is 7.41. The van der Waals surface area contributed by atoms with Crippen LogP contribution in [-0.2, 0) is 9.53 Å². The molecule has 1 aliphatic rings. The molecule has 0 radical (unpaired) electrons. The lowest BCUT2D eigenvalue weighted by molar-refractivity contribution is -0.124. The molecule has 1 saturated carbocycles. The predicted molar refractivity (Wildman–Crippen MR) is 79.4 cm³/mol. The van der Waals surface area contributed by atoms with Gasteiger partial charge in [0.2, 0.25) is 5.91 Å². The number of nitrogens with one attached hydrogen (secondary N) is 1. The summed E-state index contributed by atoms with van der Waals surface area (Å²) in [6.07, 6.45) is 4.39. The van der Waals surface area contributed by atoms with Gasteiger partial charge in [0.1, 0.15) is 12.4 Å². The summed E-state index contributed by atoms with van der Waals surface area (Å²) in [6.45, 7) is 1.97. The molecule has 0 spiro atoms. The summed E-state index contributed by atoms with van der Waals surface area (Å²) in [5, 5.41) is 11.2. The number of benzene rings is 1. The van der Waals surface area contributed by atoms with E-state index in [0.29, 0.717) is 5.92 Å². The number of aromatic carboxylic acids is 1. The van der Waals surface area contributed by atoms with Crippen molar-refractivity contribution in [2.45, 2.75) is 38.7 Å². The Labute approximate surface area is 128 Å². The van der Waals surface area contributed by atoms with Gasteiger partial charge in [0.15, 0.2) is 0 Å². The summed E-state index contributed by atoms with van der Waals surface area (Å²) in [5.74, 6) is -2.02. The monoisotopic (exact) mass is 309 g/mol. The predicted octanol–water partition coefficient (Wildman–Crippen LogP) is 3.06. The van der Waals surface area contributed by atoms with Crippen molar-refractivity contribution in [3.63, 3.8) is 0 Å². The number of ether oxygens (including phenoxy) is 1. The summed E-state index contributed by atoms with van der Waals surface area (Å²) in [5.41, 5.74) is -0.210. The SMILES string of the molecule is CC1CCCCC1OCC(=O)Nc1ccc(C(=O)O)cc1F. The van der Waals surface area contributed by atoms with E-state index in [9.17, 15) is 14.0 Å². The lowest BCUT2D eigenvalue weighted by atomic mass is 9.88. The first-order chi connectivity index (χ1) is 10.5. The number of carbonyl (C=O) groups excluding carboxylic acids is 1. The number of rotatable bonds is 5. The van der Waals surface area contributed by atoms with E-state index in [1.165, 1.54) is 18.6 Å². The lowest BCUT2D eigenvalue weighted by Gasteiger charge is -2.28. The number of hydrogen-bond acceptors (Lipinski definition) is 3. The molecule has 2 unspecified atom stereocenters. The molecule has 1 aliphatic carbocycles. The van der Waals surface area contributed by atoms with Gasteiger partial charge in [0.05, 0.1) is 17.4 Å². The van der Waals surface area contributed by atoms with Gasteiger partial charge in [-0.2, -0.15) is 0 Å². The molecule has 22 heavy (non-hydrogen) atoms. The zero-order chi connectivity index (χ0) is 16.1. The number of anilines is 1. The number of carboxylic acids is 1. The Bertz CT molecular complexity index is 561.